The van der Waals surface area contributed by atoms with Crippen molar-refractivity contribution in [3.63, 3.8) is 0 Å². The van der Waals surface area contributed by atoms with E-state index in [1.807, 2.05) is 18.2 Å². The molecule has 0 spiro atoms. The number of hydrogen-bond donors (Lipinski definition) is 2. The van der Waals surface area contributed by atoms with Gasteiger partial charge in [0.05, 0.1) is 6.61 Å². The second-order valence-electron chi connectivity index (χ2n) is 6.54. The van der Waals surface area contributed by atoms with Crippen LogP contribution in [0.4, 0.5) is 5.69 Å². The minimum absolute atomic E-state index is 0.0960. The maximum absolute atomic E-state index is 11.3. The quantitative estimate of drug-likeness (QED) is 0.758. The number of hydrogen-bond acceptors (Lipinski definition) is 3. The Morgan fingerprint density at radius 1 is 1.29 bits per heavy atom. The van der Waals surface area contributed by atoms with E-state index in [2.05, 4.69) is 19.2 Å². The first-order valence-corrected chi connectivity index (χ1v) is 7.76. The Kier molecular flexibility index (Phi) is 5.23. The van der Waals surface area contributed by atoms with Crippen LogP contribution in [0.15, 0.2) is 18.2 Å². The SMILES string of the molecule is CC(C)(CN)CCCCOc1ccc2c(c1)CCC(=O)N2. The summed E-state index contributed by atoms with van der Waals surface area (Å²) in [6.07, 6.45) is 4.65. The summed E-state index contributed by atoms with van der Waals surface area (Å²) in [5.74, 6) is 0.988. The summed E-state index contributed by atoms with van der Waals surface area (Å²) in [6.45, 7) is 5.85. The number of nitrogens with two attached hydrogens (primary N) is 1. The maximum Gasteiger partial charge on any atom is 0.224 e. The fraction of sp³-hybridized carbons (Fsp3) is 0.588. The smallest absolute Gasteiger partial charge is 0.224 e. The van der Waals surface area contributed by atoms with Crippen LogP contribution in [0.2, 0.25) is 0 Å². The van der Waals surface area contributed by atoms with Crippen molar-refractivity contribution in [2.45, 2.75) is 46.0 Å². The monoisotopic (exact) mass is 290 g/mol. The number of aryl methyl sites for hydroxylation is 1. The summed E-state index contributed by atoms with van der Waals surface area (Å²) in [5, 5.41) is 2.88. The van der Waals surface area contributed by atoms with Crippen molar-refractivity contribution >= 4 is 11.6 Å². The summed E-state index contributed by atoms with van der Waals surface area (Å²) in [4.78, 5) is 11.3. The van der Waals surface area contributed by atoms with Gasteiger partial charge in [-0.1, -0.05) is 13.8 Å². The largest absolute Gasteiger partial charge is 0.494 e. The van der Waals surface area contributed by atoms with E-state index in [1.165, 1.54) is 0 Å². The first-order valence-electron chi connectivity index (χ1n) is 7.76. The van der Waals surface area contributed by atoms with E-state index in [0.717, 1.165) is 55.8 Å². The van der Waals surface area contributed by atoms with Crippen LogP contribution in [-0.4, -0.2) is 19.1 Å². The van der Waals surface area contributed by atoms with Crippen molar-refractivity contribution in [2.75, 3.05) is 18.5 Å². The van der Waals surface area contributed by atoms with Gasteiger partial charge in [0, 0.05) is 12.1 Å². The minimum Gasteiger partial charge on any atom is -0.494 e. The topological polar surface area (TPSA) is 64.3 Å². The lowest BCUT2D eigenvalue weighted by Gasteiger charge is -2.22. The molecule has 1 aliphatic rings. The molecule has 0 saturated carbocycles. The summed E-state index contributed by atoms with van der Waals surface area (Å²) in [6, 6.07) is 5.89. The van der Waals surface area contributed by atoms with Gasteiger partial charge in [0.1, 0.15) is 5.75 Å². The number of rotatable bonds is 7. The standard InChI is InChI=1S/C17H26N2O2/c1-17(2,12-18)9-3-4-10-21-14-6-7-15-13(11-14)5-8-16(20)19-15/h6-7,11H,3-5,8-10,12,18H2,1-2H3,(H,19,20). The third kappa shape index (κ3) is 4.74. The van der Waals surface area contributed by atoms with Crippen LogP contribution in [0.25, 0.3) is 0 Å². The van der Waals surface area contributed by atoms with E-state index in [0.29, 0.717) is 6.42 Å². The highest BCUT2D eigenvalue weighted by Gasteiger charge is 2.16. The highest BCUT2D eigenvalue weighted by Crippen LogP contribution is 2.27. The van der Waals surface area contributed by atoms with E-state index in [9.17, 15) is 4.79 Å². The van der Waals surface area contributed by atoms with Gasteiger partial charge in [-0.2, -0.15) is 0 Å². The number of carbonyl (C=O) groups excluding carboxylic acids is 1. The normalized spacial score (nSPS) is 14.5. The third-order valence-electron chi connectivity index (χ3n) is 4.04. The van der Waals surface area contributed by atoms with Gasteiger partial charge in [0.15, 0.2) is 0 Å². The number of carbonyl (C=O) groups is 1. The van der Waals surface area contributed by atoms with Crippen LogP contribution in [0.1, 0.15) is 45.1 Å². The number of amides is 1. The third-order valence-corrected chi connectivity index (χ3v) is 4.04. The van der Waals surface area contributed by atoms with Gasteiger partial charge in [0.25, 0.3) is 0 Å². The lowest BCUT2D eigenvalue weighted by Crippen LogP contribution is -2.23. The lowest BCUT2D eigenvalue weighted by atomic mass is 9.87. The molecule has 3 N–H and O–H groups in total. The second kappa shape index (κ2) is 6.94. The summed E-state index contributed by atoms with van der Waals surface area (Å²) in [7, 11) is 0. The molecular formula is C17H26N2O2. The van der Waals surface area contributed by atoms with Gasteiger partial charge in [-0.05, 0) is 61.4 Å². The zero-order chi connectivity index (χ0) is 15.3. The van der Waals surface area contributed by atoms with Crippen LogP contribution in [-0.2, 0) is 11.2 Å². The lowest BCUT2D eigenvalue weighted by molar-refractivity contribution is -0.116. The molecule has 0 atom stereocenters. The van der Waals surface area contributed by atoms with Gasteiger partial charge < -0.3 is 15.8 Å². The molecule has 1 amide bonds. The first-order chi connectivity index (χ1) is 10.00. The molecule has 1 heterocycles. The predicted molar refractivity (Wildman–Crippen MR) is 85.6 cm³/mol. The van der Waals surface area contributed by atoms with Crippen molar-refractivity contribution in [1.82, 2.24) is 0 Å². The second-order valence-corrected chi connectivity index (χ2v) is 6.54. The molecule has 2 rings (SSSR count). The van der Waals surface area contributed by atoms with Crippen LogP contribution >= 0.6 is 0 Å². The fourth-order valence-corrected chi connectivity index (χ4v) is 2.45. The van der Waals surface area contributed by atoms with E-state index < -0.39 is 0 Å². The molecule has 0 unspecified atom stereocenters. The average molecular weight is 290 g/mol. The molecule has 1 aliphatic heterocycles. The molecule has 1 aromatic rings. The molecule has 0 bridgehead atoms. The Morgan fingerprint density at radius 2 is 2.10 bits per heavy atom. The highest BCUT2D eigenvalue weighted by molar-refractivity contribution is 5.93. The zero-order valence-electron chi connectivity index (χ0n) is 13.1. The Labute approximate surface area is 127 Å². The summed E-state index contributed by atoms with van der Waals surface area (Å²) >= 11 is 0. The van der Waals surface area contributed by atoms with Crippen LogP contribution in [0.3, 0.4) is 0 Å². The number of ether oxygens (including phenoxy) is 1. The van der Waals surface area contributed by atoms with Crippen molar-refractivity contribution in [1.29, 1.82) is 0 Å². The van der Waals surface area contributed by atoms with Crippen molar-refractivity contribution in [2.24, 2.45) is 11.1 Å². The van der Waals surface area contributed by atoms with E-state index in [1.54, 1.807) is 0 Å². The first kappa shape index (κ1) is 15.8. The molecule has 0 aromatic heterocycles. The maximum atomic E-state index is 11.3. The predicted octanol–water partition coefficient (Wildman–Crippen LogP) is 3.11. The molecule has 0 saturated heterocycles. The Morgan fingerprint density at radius 3 is 2.86 bits per heavy atom. The van der Waals surface area contributed by atoms with Crippen molar-refractivity contribution < 1.29 is 9.53 Å². The molecule has 0 aliphatic carbocycles. The Hall–Kier alpha value is -1.55. The highest BCUT2D eigenvalue weighted by atomic mass is 16.5. The molecule has 4 nitrogen and oxygen atoms in total. The van der Waals surface area contributed by atoms with Gasteiger partial charge in [-0.25, -0.2) is 0 Å². The summed E-state index contributed by atoms with van der Waals surface area (Å²) in [5.41, 5.74) is 8.03. The van der Waals surface area contributed by atoms with E-state index in [4.69, 9.17) is 10.5 Å². The number of nitrogens with one attached hydrogen (secondary N) is 1. The fourth-order valence-electron chi connectivity index (χ4n) is 2.45. The Balaban J connectivity index is 1.76. The van der Waals surface area contributed by atoms with Gasteiger partial charge in [0.2, 0.25) is 5.91 Å². The number of anilines is 1. The van der Waals surface area contributed by atoms with E-state index >= 15 is 0 Å². The molecule has 0 radical (unpaired) electrons. The molecule has 21 heavy (non-hydrogen) atoms. The van der Waals surface area contributed by atoms with Gasteiger partial charge >= 0.3 is 0 Å². The molecule has 4 heteroatoms. The van der Waals surface area contributed by atoms with E-state index in [-0.39, 0.29) is 11.3 Å². The van der Waals surface area contributed by atoms with Crippen LogP contribution in [0.5, 0.6) is 5.75 Å². The molecular weight excluding hydrogens is 264 g/mol. The van der Waals surface area contributed by atoms with Gasteiger partial charge in [-0.15, -0.1) is 0 Å². The molecule has 116 valence electrons. The average Bonchev–Trinajstić information content (AvgIpc) is 2.47. The van der Waals surface area contributed by atoms with Gasteiger partial charge in [-0.3, -0.25) is 4.79 Å². The number of benzene rings is 1. The number of unbranched alkanes of at least 4 members (excludes halogenated alkanes) is 1. The summed E-state index contributed by atoms with van der Waals surface area (Å²) < 4.78 is 5.80. The Bertz CT molecular complexity index is 498. The van der Waals surface area contributed by atoms with Crippen molar-refractivity contribution in [3.05, 3.63) is 23.8 Å². The minimum atomic E-state index is 0.0960. The van der Waals surface area contributed by atoms with Crippen LogP contribution in [0, 0.1) is 5.41 Å². The molecule has 0 fully saturated rings. The number of fused-ring (bicyclic) bond motifs is 1. The van der Waals surface area contributed by atoms with Crippen LogP contribution < -0.4 is 15.8 Å². The molecule has 1 aromatic carbocycles. The zero-order valence-corrected chi connectivity index (χ0v) is 13.1. The van der Waals surface area contributed by atoms with Crippen molar-refractivity contribution in [3.8, 4) is 5.75 Å².